The van der Waals surface area contributed by atoms with Crippen molar-refractivity contribution in [3.05, 3.63) is 26.8 Å². The minimum Gasteiger partial charge on any atom is -0.498 e. The van der Waals surface area contributed by atoms with E-state index in [2.05, 4.69) is 22.6 Å². The van der Waals surface area contributed by atoms with Gasteiger partial charge in [0.2, 0.25) is 0 Å². The first kappa shape index (κ1) is 8.59. The van der Waals surface area contributed by atoms with E-state index in [9.17, 15) is 5.11 Å². The van der Waals surface area contributed by atoms with Crippen molar-refractivity contribution in [3.63, 3.8) is 0 Å². The molecule has 0 aliphatic rings. The van der Waals surface area contributed by atoms with Gasteiger partial charge in [-0.25, -0.2) is 0 Å². The molecule has 0 atom stereocenters. The van der Waals surface area contributed by atoms with E-state index in [4.69, 9.17) is 11.6 Å². The summed E-state index contributed by atoms with van der Waals surface area (Å²) in [6.45, 7) is 0. The Labute approximate surface area is 92.1 Å². The lowest BCUT2D eigenvalue weighted by Crippen LogP contribution is -1.70. The van der Waals surface area contributed by atoms with Gasteiger partial charge < -0.3 is 5.11 Å². The summed E-state index contributed by atoms with van der Waals surface area (Å²) in [4.78, 5) is 0. The van der Waals surface area contributed by atoms with Crippen molar-refractivity contribution in [1.82, 2.24) is 0 Å². The number of benzene rings is 1. The van der Waals surface area contributed by atoms with Crippen molar-refractivity contribution >= 4 is 55.6 Å². The summed E-state index contributed by atoms with van der Waals surface area (Å²) in [5.74, 6) is 0. The molecule has 1 heterocycles. The van der Waals surface area contributed by atoms with Gasteiger partial charge in [-0.3, -0.25) is 0 Å². The van der Waals surface area contributed by atoms with Gasteiger partial charge in [-0.1, -0.05) is 29.0 Å². The fraction of sp³-hybridized carbons (Fsp3) is 0. The Bertz CT molecular complexity index is 438. The molecule has 1 nitrogen and oxygen atoms in total. The van der Waals surface area contributed by atoms with Crippen LogP contribution in [0, 0.1) is 3.57 Å². The highest BCUT2D eigenvalue weighted by Gasteiger charge is 2.10. The van der Waals surface area contributed by atoms with Gasteiger partial charge in [0.15, 0.2) is 5.06 Å². The summed E-state index contributed by atoms with van der Waals surface area (Å²) in [6.07, 6.45) is 0. The minimum absolute atomic E-state index is 0.204. The number of hydrogen-bond donors (Lipinski definition) is 1. The average molecular weight is 311 g/mol. The van der Waals surface area contributed by atoms with Gasteiger partial charge in [0.1, 0.15) is 5.02 Å². The largest absolute Gasteiger partial charge is 0.498 e. The molecular formula is C8H4ClIOS. The first-order valence-corrected chi connectivity index (χ1v) is 5.53. The first-order valence-electron chi connectivity index (χ1n) is 3.25. The molecule has 1 aromatic heterocycles. The smallest absolute Gasteiger partial charge is 0.191 e. The number of rotatable bonds is 0. The molecule has 4 heteroatoms. The van der Waals surface area contributed by atoms with Crippen molar-refractivity contribution in [3.8, 4) is 5.06 Å². The summed E-state index contributed by atoms with van der Waals surface area (Å²) in [6, 6.07) is 5.88. The molecule has 0 unspecified atom stereocenters. The molecule has 0 aliphatic heterocycles. The monoisotopic (exact) mass is 310 g/mol. The van der Waals surface area contributed by atoms with Crippen LogP contribution in [-0.4, -0.2) is 5.11 Å². The Kier molecular flexibility index (Phi) is 2.18. The molecule has 0 radical (unpaired) electrons. The van der Waals surface area contributed by atoms with Gasteiger partial charge in [0.05, 0.1) is 0 Å². The third kappa shape index (κ3) is 1.20. The second-order valence-electron chi connectivity index (χ2n) is 2.33. The Hall–Kier alpha value is -0.0000000000000000555. The number of aromatic hydroxyl groups is 1. The zero-order valence-corrected chi connectivity index (χ0v) is 9.57. The number of thiophene rings is 1. The van der Waals surface area contributed by atoms with E-state index >= 15 is 0 Å². The topological polar surface area (TPSA) is 20.2 Å². The van der Waals surface area contributed by atoms with Gasteiger partial charge in [-0.05, 0) is 34.7 Å². The van der Waals surface area contributed by atoms with E-state index in [1.54, 1.807) is 0 Å². The molecule has 12 heavy (non-hydrogen) atoms. The maximum atomic E-state index is 9.35. The molecule has 0 spiro atoms. The lowest BCUT2D eigenvalue weighted by Gasteiger charge is -1.92. The zero-order chi connectivity index (χ0) is 8.72. The molecule has 1 N–H and O–H groups in total. The van der Waals surface area contributed by atoms with Crippen LogP contribution in [-0.2, 0) is 0 Å². The molecule has 0 aliphatic carbocycles. The molecule has 0 fully saturated rings. The highest BCUT2D eigenvalue weighted by molar-refractivity contribution is 14.1. The van der Waals surface area contributed by atoms with Crippen LogP contribution in [0.2, 0.25) is 5.02 Å². The fourth-order valence-corrected chi connectivity index (χ4v) is 3.40. The third-order valence-electron chi connectivity index (χ3n) is 1.59. The summed E-state index contributed by atoms with van der Waals surface area (Å²) in [7, 11) is 0. The van der Waals surface area contributed by atoms with Crippen LogP contribution in [0.5, 0.6) is 5.06 Å². The summed E-state index contributed by atoms with van der Waals surface area (Å²) < 4.78 is 2.11. The molecule has 1 aromatic carbocycles. The minimum atomic E-state index is 0.204. The van der Waals surface area contributed by atoms with Crippen LogP contribution in [0.15, 0.2) is 18.2 Å². The molecule has 0 saturated carbocycles. The average Bonchev–Trinajstić information content (AvgIpc) is 2.29. The van der Waals surface area contributed by atoms with Gasteiger partial charge >= 0.3 is 0 Å². The Morgan fingerprint density at radius 3 is 2.83 bits per heavy atom. The molecule has 62 valence electrons. The molecule has 0 saturated heterocycles. The highest BCUT2D eigenvalue weighted by atomic mass is 127. The van der Waals surface area contributed by atoms with E-state index in [1.165, 1.54) is 11.3 Å². The molecule has 2 rings (SSSR count). The van der Waals surface area contributed by atoms with Gasteiger partial charge in [-0.2, -0.15) is 0 Å². The predicted molar refractivity (Wildman–Crippen MR) is 61.2 cm³/mol. The second-order valence-corrected chi connectivity index (χ2v) is 4.90. The van der Waals surface area contributed by atoms with E-state index in [-0.39, 0.29) is 5.06 Å². The van der Waals surface area contributed by atoms with Crippen molar-refractivity contribution < 1.29 is 5.11 Å². The third-order valence-corrected chi connectivity index (χ3v) is 3.93. The molecule has 0 bridgehead atoms. The summed E-state index contributed by atoms with van der Waals surface area (Å²) in [5, 5.41) is 11.0. The van der Waals surface area contributed by atoms with E-state index < -0.39 is 0 Å². The van der Waals surface area contributed by atoms with Crippen LogP contribution in [0.3, 0.4) is 0 Å². The maximum absolute atomic E-state index is 9.35. The maximum Gasteiger partial charge on any atom is 0.191 e. The molecular weight excluding hydrogens is 307 g/mol. The van der Waals surface area contributed by atoms with Crippen molar-refractivity contribution in [2.45, 2.75) is 0 Å². The Balaban J connectivity index is 2.97. The number of hydrogen-bond acceptors (Lipinski definition) is 2. The highest BCUT2D eigenvalue weighted by Crippen LogP contribution is 2.42. The van der Waals surface area contributed by atoms with Crippen LogP contribution in [0.4, 0.5) is 0 Å². The number of fused-ring (bicyclic) bond motifs is 1. The lowest BCUT2D eigenvalue weighted by atomic mass is 10.3. The van der Waals surface area contributed by atoms with Crippen LogP contribution < -0.4 is 0 Å². The Morgan fingerprint density at radius 2 is 2.17 bits per heavy atom. The van der Waals surface area contributed by atoms with Crippen LogP contribution >= 0.6 is 45.5 Å². The Morgan fingerprint density at radius 1 is 1.42 bits per heavy atom. The first-order chi connectivity index (χ1) is 5.70. The zero-order valence-electron chi connectivity index (χ0n) is 5.84. The molecule has 0 amide bonds. The summed E-state index contributed by atoms with van der Waals surface area (Å²) in [5.41, 5.74) is 0. The normalized spacial score (nSPS) is 10.8. The van der Waals surface area contributed by atoms with Gasteiger partial charge in [0.25, 0.3) is 0 Å². The van der Waals surface area contributed by atoms with Crippen molar-refractivity contribution in [1.29, 1.82) is 0 Å². The SMILES string of the molecule is Oc1sc2cccc(I)c2c1Cl. The number of halogens is 2. The summed E-state index contributed by atoms with van der Waals surface area (Å²) >= 11 is 9.42. The molecule has 2 aromatic rings. The van der Waals surface area contributed by atoms with E-state index in [0.29, 0.717) is 5.02 Å². The predicted octanol–water partition coefficient (Wildman–Crippen LogP) is 3.86. The standard InChI is InChI=1S/C8H4ClIOS/c9-7-6-4(10)2-1-3-5(6)12-8(7)11/h1-3,11H. The van der Waals surface area contributed by atoms with E-state index in [0.717, 1.165) is 13.7 Å². The van der Waals surface area contributed by atoms with Gasteiger partial charge in [0, 0.05) is 13.7 Å². The van der Waals surface area contributed by atoms with Gasteiger partial charge in [-0.15, -0.1) is 0 Å². The second kappa shape index (κ2) is 3.05. The van der Waals surface area contributed by atoms with Crippen LogP contribution in [0.1, 0.15) is 0 Å². The van der Waals surface area contributed by atoms with Crippen molar-refractivity contribution in [2.75, 3.05) is 0 Å². The lowest BCUT2D eigenvalue weighted by molar-refractivity contribution is 0.491. The van der Waals surface area contributed by atoms with Crippen LogP contribution in [0.25, 0.3) is 10.1 Å². The quantitative estimate of drug-likeness (QED) is 0.733. The fourth-order valence-electron chi connectivity index (χ4n) is 1.06. The van der Waals surface area contributed by atoms with E-state index in [1.807, 2.05) is 18.2 Å². The van der Waals surface area contributed by atoms with Crippen molar-refractivity contribution in [2.24, 2.45) is 0 Å².